The molecule has 2 aliphatic rings. The van der Waals surface area contributed by atoms with Gasteiger partial charge < -0.3 is 10.2 Å². The third-order valence-electron chi connectivity index (χ3n) is 5.07. The molecule has 104 valence electrons. The molecule has 2 unspecified atom stereocenters. The number of rotatable bonds is 1. The summed E-state index contributed by atoms with van der Waals surface area (Å²) in [5.74, 6) is 0.528. The van der Waals surface area contributed by atoms with Crippen molar-refractivity contribution < 1.29 is 10.2 Å². The van der Waals surface area contributed by atoms with Crippen LogP contribution in [0.4, 0.5) is 0 Å². The fourth-order valence-electron chi connectivity index (χ4n) is 3.91. The Labute approximate surface area is 123 Å². The number of hydrogen-bond donors (Lipinski definition) is 2. The summed E-state index contributed by atoms with van der Waals surface area (Å²) >= 11 is 12.2. The minimum atomic E-state index is -0.587. The number of aromatic hydroxyl groups is 1. The molecule has 0 saturated heterocycles. The molecule has 0 aliphatic heterocycles. The van der Waals surface area contributed by atoms with Crippen LogP contribution in [0.15, 0.2) is 6.07 Å². The van der Waals surface area contributed by atoms with Gasteiger partial charge in [-0.15, -0.1) is 0 Å². The minimum absolute atomic E-state index is 0.00767. The van der Waals surface area contributed by atoms with Gasteiger partial charge in [-0.3, -0.25) is 0 Å². The fourth-order valence-corrected chi connectivity index (χ4v) is 4.39. The third-order valence-corrected chi connectivity index (χ3v) is 5.94. The van der Waals surface area contributed by atoms with Crippen LogP contribution >= 0.6 is 23.2 Å². The molecular weight excluding hydrogens is 283 g/mol. The second kappa shape index (κ2) is 4.54. The van der Waals surface area contributed by atoms with Crippen molar-refractivity contribution in [2.24, 2.45) is 11.3 Å². The van der Waals surface area contributed by atoms with Crippen LogP contribution in [-0.2, 0) is 6.42 Å². The standard InChI is InChI=1S/C15H18Cl2O2/c1-15(9-4-2-3-5-9)7-8-6-10(18)12(16)13(17)11(8)14(15)19/h6,9,14,18-19H,2-5,7H2,1H3. The second-order valence-corrected chi connectivity index (χ2v) is 6.92. The molecule has 4 heteroatoms. The molecule has 0 radical (unpaired) electrons. The van der Waals surface area contributed by atoms with Crippen molar-refractivity contribution in [2.45, 2.75) is 45.1 Å². The van der Waals surface area contributed by atoms with Crippen molar-refractivity contribution in [1.82, 2.24) is 0 Å². The molecular formula is C15H18Cl2O2. The molecule has 2 aliphatic carbocycles. The number of fused-ring (bicyclic) bond motifs is 1. The lowest BCUT2D eigenvalue weighted by Gasteiger charge is -2.35. The highest BCUT2D eigenvalue weighted by molar-refractivity contribution is 6.43. The highest BCUT2D eigenvalue weighted by Gasteiger charge is 2.49. The van der Waals surface area contributed by atoms with Gasteiger partial charge in [0.25, 0.3) is 0 Å². The van der Waals surface area contributed by atoms with Crippen LogP contribution in [-0.4, -0.2) is 10.2 Å². The number of halogens is 2. The van der Waals surface area contributed by atoms with E-state index >= 15 is 0 Å². The van der Waals surface area contributed by atoms with Gasteiger partial charge in [-0.25, -0.2) is 0 Å². The summed E-state index contributed by atoms with van der Waals surface area (Å²) in [7, 11) is 0. The van der Waals surface area contributed by atoms with E-state index in [0.717, 1.165) is 17.5 Å². The molecule has 0 spiro atoms. The van der Waals surface area contributed by atoms with Crippen LogP contribution in [0.25, 0.3) is 0 Å². The smallest absolute Gasteiger partial charge is 0.135 e. The molecule has 0 amide bonds. The summed E-state index contributed by atoms with van der Waals surface area (Å²) in [5.41, 5.74) is 1.48. The molecule has 3 rings (SSSR count). The van der Waals surface area contributed by atoms with Crippen molar-refractivity contribution in [2.75, 3.05) is 0 Å². The van der Waals surface area contributed by atoms with E-state index in [1.54, 1.807) is 6.07 Å². The highest BCUT2D eigenvalue weighted by Crippen LogP contribution is 2.57. The first kappa shape index (κ1) is 13.5. The zero-order chi connectivity index (χ0) is 13.8. The molecule has 0 aromatic heterocycles. The Morgan fingerprint density at radius 1 is 1.21 bits per heavy atom. The lowest BCUT2D eigenvalue weighted by molar-refractivity contribution is 0.00786. The number of phenols is 1. The van der Waals surface area contributed by atoms with Crippen LogP contribution < -0.4 is 0 Å². The van der Waals surface area contributed by atoms with Crippen LogP contribution in [0.2, 0.25) is 10.0 Å². The van der Waals surface area contributed by atoms with Crippen LogP contribution in [0.1, 0.15) is 49.8 Å². The van der Waals surface area contributed by atoms with Crippen molar-refractivity contribution in [1.29, 1.82) is 0 Å². The lowest BCUT2D eigenvalue weighted by atomic mass is 9.72. The van der Waals surface area contributed by atoms with E-state index < -0.39 is 6.10 Å². The average Bonchev–Trinajstić information content (AvgIpc) is 2.96. The Morgan fingerprint density at radius 2 is 1.84 bits per heavy atom. The SMILES string of the molecule is CC1(C2CCCC2)Cc2cc(O)c(Cl)c(Cl)c2C1O. The normalized spacial score (nSPS) is 30.8. The number of aliphatic hydroxyl groups is 1. The van der Waals surface area contributed by atoms with E-state index in [1.807, 2.05) is 0 Å². The van der Waals surface area contributed by atoms with Gasteiger partial charge in [0.05, 0.1) is 11.1 Å². The topological polar surface area (TPSA) is 40.5 Å². The second-order valence-electron chi connectivity index (χ2n) is 6.16. The zero-order valence-electron chi connectivity index (χ0n) is 10.9. The first-order valence-corrected chi connectivity index (χ1v) is 7.58. The van der Waals surface area contributed by atoms with Gasteiger partial charge in [0, 0.05) is 11.0 Å². The van der Waals surface area contributed by atoms with Crippen molar-refractivity contribution in [3.8, 4) is 5.75 Å². The number of aliphatic hydroxyl groups excluding tert-OH is 1. The molecule has 2 nitrogen and oxygen atoms in total. The monoisotopic (exact) mass is 300 g/mol. The molecule has 1 aromatic carbocycles. The van der Waals surface area contributed by atoms with Gasteiger partial charge >= 0.3 is 0 Å². The van der Waals surface area contributed by atoms with E-state index in [4.69, 9.17) is 23.2 Å². The van der Waals surface area contributed by atoms with Gasteiger partial charge in [-0.2, -0.15) is 0 Å². The van der Waals surface area contributed by atoms with Gasteiger partial charge in [0.1, 0.15) is 10.8 Å². The quantitative estimate of drug-likeness (QED) is 0.802. The molecule has 0 heterocycles. The molecule has 2 N–H and O–H groups in total. The number of phenolic OH excluding ortho intramolecular Hbond substituents is 1. The maximum atomic E-state index is 10.7. The molecule has 19 heavy (non-hydrogen) atoms. The first-order chi connectivity index (χ1) is 8.95. The predicted molar refractivity (Wildman–Crippen MR) is 76.9 cm³/mol. The zero-order valence-corrected chi connectivity index (χ0v) is 12.4. The Kier molecular flexibility index (Phi) is 3.24. The number of benzene rings is 1. The fraction of sp³-hybridized carbons (Fsp3) is 0.600. The summed E-state index contributed by atoms with van der Waals surface area (Å²) in [5, 5.41) is 21.0. The molecule has 0 bridgehead atoms. The van der Waals surface area contributed by atoms with Gasteiger partial charge in [-0.05, 0) is 36.8 Å². The van der Waals surface area contributed by atoms with E-state index in [-0.39, 0.29) is 16.2 Å². The minimum Gasteiger partial charge on any atom is -0.506 e. The number of hydrogen-bond acceptors (Lipinski definition) is 2. The maximum Gasteiger partial charge on any atom is 0.135 e. The maximum absolute atomic E-state index is 10.7. The van der Waals surface area contributed by atoms with E-state index in [9.17, 15) is 10.2 Å². The van der Waals surface area contributed by atoms with Crippen molar-refractivity contribution in [3.05, 3.63) is 27.2 Å². The lowest BCUT2D eigenvalue weighted by Crippen LogP contribution is -2.30. The predicted octanol–water partition coefficient (Wildman–Crippen LogP) is 4.49. The van der Waals surface area contributed by atoms with Gasteiger partial charge in [0.2, 0.25) is 0 Å². The summed E-state index contributed by atoms with van der Waals surface area (Å²) in [4.78, 5) is 0. The van der Waals surface area contributed by atoms with Crippen LogP contribution in [0.3, 0.4) is 0 Å². The van der Waals surface area contributed by atoms with Crippen molar-refractivity contribution >= 4 is 23.2 Å². The molecule has 1 saturated carbocycles. The van der Waals surface area contributed by atoms with E-state index in [2.05, 4.69) is 6.92 Å². The Hall–Kier alpha value is -0.440. The summed E-state index contributed by atoms with van der Waals surface area (Å²) in [6.07, 6.45) is 4.99. The molecule has 1 aromatic rings. The largest absolute Gasteiger partial charge is 0.506 e. The van der Waals surface area contributed by atoms with Gasteiger partial charge in [0.15, 0.2) is 0 Å². The van der Waals surface area contributed by atoms with E-state index in [1.165, 1.54) is 25.7 Å². The Balaban J connectivity index is 2.06. The summed E-state index contributed by atoms with van der Waals surface area (Å²) in [6, 6.07) is 1.66. The third kappa shape index (κ3) is 1.88. The van der Waals surface area contributed by atoms with Crippen molar-refractivity contribution in [3.63, 3.8) is 0 Å². The Morgan fingerprint density at radius 3 is 2.47 bits per heavy atom. The van der Waals surface area contributed by atoms with Crippen LogP contribution in [0.5, 0.6) is 5.75 Å². The molecule has 1 fully saturated rings. The molecule has 2 atom stereocenters. The van der Waals surface area contributed by atoms with Gasteiger partial charge in [-0.1, -0.05) is 43.0 Å². The van der Waals surface area contributed by atoms with E-state index in [0.29, 0.717) is 10.9 Å². The highest BCUT2D eigenvalue weighted by atomic mass is 35.5. The van der Waals surface area contributed by atoms with Crippen LogP contribution in [0, 0.1) is 11.3 Å². The summed E-state index contributed by atoms with van der Waals surface area (Å²) < 4.78 is 0. The average molecular weight is 301 g/mol. The first-order valence-electron chi connectivity index (χ1n) is 6.83. The summed E-state index contributed by atoms with van der Waals surface area (Å²) in [6.45, 7) is 2.13. The Bertz CT molecular complexity index is 523.